The van der Waals surface area contributed by atoms with Gasteiger partial charge in [0.25, 0.3) is 0 Å². The molecule has 0 unspecified atom stereocenters. The van der Waals surface area contributed by atoms with E-state index in [1.54, 1.807) is 24.3 Å². The van der Waals surface area contributed by atoms with Crippen LogP contribution in [0.15, 0.2) is 53.4 Å². The molecule has 6 nitrogen and oxygen atoms in total. The van der Waals surface area contributed by atoms with E-state index in [-0.39, 0.29) is 10.9 Å². The predicted molar refractivity (Wildman–Crippen MR) is 94.5 cm³/mol. The van der Waals surface area contributed by atoms with Gasteiger partial charge in [-0.2, -0.15) is 4.31 Å². The normalized spacial score (nSPS) is 19.2. The van der Waals surface area contributed by atoms with Crippen LogP contribution < -0.4 is 4.74 Å². The summed E-state index contributed by atoms with van der Waals surface area (Å²) in [5, 5.41) is 0. The SMILES string of the molecule is COc1cccc(S(=O)(=O)N2CCC3(CC2)OC(=O)c2ccccc23)c1. The summed E-state index contributed by atoms with van der Waals surface area (Å²) in [6, 6.07) is 13.8. The first kappa shape index (κ1) is 17.1. The fraction of sp³-hybridized carbons (Fsp3) is 0.316. The zero-order chi connectivity index (χ0) is 18.4. The van der Waals surface area contributed by atoms with Crippen molar-refractivity contribution < 1.29 is 22.7 Å². The molecule has 1 spiro atoms. The maximum Gasteiger partial charge on any atom is 0.339 e. The molecule has 2 aromatic carbocycles. The summed E-state index contributed by atoms with van der Waals surface area (Å²) in [6.07, 6.45) is 0.887. The van der Waals surface area contributed by atoms with Gasteiger partial charge in [0.15, 0.2) is 0 Å². The number of esters is 1. The van der Waals surface area contributed by atoms with Crippen LogP contribution in [-0.2, 0) is 20.4 Å². The van der Waals surface area contributed by atoms with Gasteiger partial charge in [-0.3, -0.25) is 0 Å². The van der Waals surface area contributed by atoms with Gasteiger partial charge in [0.2, 0.25) is 10.0 Å². The van der Waals surface area contributed by atoms with Crippen LogP contribution in [0.4, 0.5) is 0 Å². The van der Waals surface area contributed by atoms with E-state index < -0.39 is 15.6 Å². The zero-order valence-corrected chi connectivity index (χ0v) is 15.2. The van der Waals surface area contributed by atoms with Gasteiger partial charge in [0.1, 0.15) is 11.4 Å². The summed E-state index contributed by atoms with van der Waals surface area (Å²) in [4.78, 5) is 12.3. The lowest BCUT2D eigenvalue weighted by atomic mass is 9.84. The highest BCUT2D eigenvalue weighted by Crippen LogP contribution is 2.44. The molecule has 26 heavy (non-hydrogen) atoms. The van der Waals surface area contributed by atoms with E-state index >= 15 is 0 Å². The lowest BCUT2D eigenvalue weighted by Gasteiger charge is -2.37. The van der Waals surface area contributed by atoms with Crippen molar-refractivity contribution in [1.29, 1.82) is 0 Å². The topological polar surface area (TPSA) is 72.9 Å². The Morgan fingerprint density at radius 3 is 2.54 bits per heavy atom. The van der Waals surface area contributed by atoms with Crippen LogP contribution in [0.2, 0.25) is 0 Å². The third kappa shape index (κ3) is 2.59. The second kappa shape index (κ2) is 6.10. The fourth-order valence-corrected chi connectivity index (χ4v) is 5.19. The van der Waals surface area contributed by atoms with E-state index in [4.69, 9.17) is 9.47 Å². The third-order valence-corrected chi connectivity index (χ3v) is 7.03. The van der Waals surface area contributed by atoms with Crippen LogP contribution in [0.3, 0.4) is 0 Å². The standard InChI is InChI=1S/C19H19NO5S/c1-24-14-5-4-6-15(13-14)26(22,23)20-11-9-19(10-12-20)17-8-3-2-7-16(17)18(21)25-19/h2-8,13H,9-12H2,1H3. The quantitative estimate of drug-likeness (QED) is 0.773. The molecule has 0 saturated carbocycles. The molecular weight excluding hydrogens is 354 g/mol. The van der Waals surface area contributed by atoms with E-state index in [2.05, 4.69) is 0 Å². The summed E-state index contributed by atoms with van der Waals surface area (Å²) < 4.78 is 38.1. The lowest BCUT2D eigenvalue weighted by Crippen LogP contribution is -2.45. The van der Waals surface area contributed by atoms with Crippen LogP contribution >= 0.6 is 0 Å². The molecule has 0 atom stereocenters. The highest BCUT2D eigenvalue weighted by Gasteiger charge is 2.48. The Morgan fingerprint density at radius 1 is 1.08 bits per heavy atom. The number of methoxy groups -OCH3 is 1. The average molecular weight is 373 g/mol. The Balaban J connectivity index is 1.58. The first-order valence-electron chi connectivity index (χ1n) is 8.43. The molecule has 2 aromatic rings. The zero-order valence-electron chi connectivity index (χ0n) is 14.3. The van der Waals surface area contributed by atoms with Gasteiger partial charge >= 0.3 is 5.97 Å². The number of carbonyl (C=O) groups is 1. The first-order chi connectivity index (χ1) is 12.5. The molecule has 2 aliphatic rings. The van der Waals surface area contributed by atoms with Crippen molar-refractivity contribution in [2.24, 2.45) is 0 Å². The van der Waals surface area contributed by atoms with Gasteiger partial charge in [0, 0.05) is 37.6 Å². The number of fused-ring (bicyclic) bond motifs is 2. The maximum absolute atomic E-state index is 12.9. The predicted octanol–water partition coefficient (Wildman–Crippen LogP) is 2.55. The number of sulfonamides is 1. The molecule has 2 heterocycles. The highest BCUT2D eigenvalue weighted by atomic mass is 32.2. The smallest absolute Gasteiger partial charge is 0.339 e. The molecule has 0 bridgehead atoms. The third-order valence-electron chi connectivity index (χ3n) is 5.13. The van der Waals surface area contributed by atoms with Crippen molar-refractivity contribution in [1.82, 2.24) is 4.31 Å². The Morgan fingerprint density at radius 2 is 1.81 bits per heavy atom. The summed E-state index contributed by atoms with van der Waals surface area (Å²) >= 11 is 0. The van der Waals surface area contributed by atoms with Crippen LogP contribution in [0.5, 0.6) is 5.75 Å². The van der Waals surface area contributed by atoms with Crippen molar-refractivity contribution in [3.05, 3.63) is 59.7 Å². The number of nitrogens with zero attached hydrogens (tertiary/aromatic N) is 1. The molecule has 4 rings (SSSR count). The molecule has 0 radical (unpaired) electrons. The molecule has 2 aliphatic heterocycles. The van der Waals surface area contributed by atoms with Crippen LogP contribution in [0, 0.1) is 0 Å². The van der Waals surface area contributed by atoms with E-state index in [0.29, 0.717) is 37.2 Å². The first-order valence-corrected chi connectivity index (χ1v) is 9.87. The van der Waals surface area contributed by atoms with Crippen LogP contribution in [0.25, 0.3) is 0 Å². The van der Waals surface area contributed by atoms with Crippen molar-refractivity contribution in [2.45, 2.75) is 23.3 Å². The number of ether oxygens (including phenoxy) is 2. The number of piperidine rings is 1. The van der Waals surface area contributed by atoms with E-state index in [1.807, 2.05) is 18.2 Å². The number of rotatable bonds is 3. The molecule has 0 amide bonds. The largest absolute Gasteiger partial charge is 0.497 e. The Kier molecular flexibility index (Phi) is 4.00. The van der Waals surface area contributed by atoms with Crippen molar-refractivity contribution >= 4 is 16.0 Å². The second-order valence-corrected chi connectivity index (χ2v) is 8.45. The van der Waals surface area contributed by atoms with Crippen LogP contribution in [0.1, 0.15) is 28.8 Å². The number of benzene rings is 2. The number of hydrogen-bond acceptors (Lipinski definition) is 5. The minimum absolute atomic E-state index is 0.205. The summed E-state index contributed by atoms with van der Waals surface area (Å²) in [6.45, 7) is 0.586. The molecule has 0 aliphatic carbocycles. The lowest BCUT2D eigenvalue weighted by molar-refractivity contribution is -0.0329. The number of carbonyl (C=O) groups excluding carboxylic acids is 1. The van der Waals surface area contributed by atoms with Crippen molar-refractivity contribution in [3.63, 3.8) is 0 Å². The molecule has 136 valence electrons. The van der Waals surface area contributed by atoms with Gasteiger partial charge < -0.3 is 9.47 Å². The Labute approximate surface area is 152 Å². The van der Waals surface area contributed by atoms with Gasteiger partial charge in [-0.25, -0.2) is 13.2 Å². The minimum Gasteiger partial charge on any atom is -0.497 e. The summed E-state index contributed by atoms with van der Waals surface area (Å²) in [5.41, 5.74) is 0.730. The minimum atomic E-state index is -3.62. The number of hydrogen-bond donors (Lipinski definition) is 0. The summed E-state index contributed by atoms with van der Waals surface area (Å²) in [7, 11) is -2.12. The molecule has 1 fully saturated rings. The van der Waals surface area contributed by atoms with E-state index in [0.717, 1.165) is 5.56 Å². The van der Waals surface area contributed by atoms with Crippen molar-refractivity contribution in [3.8, 4) is 5.75 Å². The van der Waals surface area contributed by atoms with Crippen molar-refractivity contribution in [2.75, 3.05) is 20.2 Å². The van der Waals surface area contributed by atoms with Gasteiger partial charge in [-0.1, -0.05) is 24.3 Å². The molecule has 7 heteroatoms. The highest BCUT2D eigenvalue weighted by molar-refractivity contribution is 7.89. The van der Waals surface area contributed by atoms with E-state index in [1.165, 1.54) is 17.5 Å². The Bertz CT molecular complexity index is 961. The van der Waals surface area contributed by atoms with Gasteiger partial charge in [-0.15, -0.1) is 0 Å². The molecular formula is C19H19NO5S. The van der Waals surface area contributed by atoms with E-state index in [9.17, 15) is 13.2 Å². The second-order valence-electron chi connectivity index (χ2n) is 6.51. The summed E-state index contributed by atoms with van der Waals surface area (Å²) in [5.74, 6) is 0.169. The molecule has 0 N–H and O–H groups in total. The maximum atomic E-state index is 12.9. The molecule has 0 aromatic heterocycles. The van der Waals surface area contributed by atoms with Gasteiger partial charge in [0.05, 0.1) is 17.6 Å². The average Bonchev–Trinajstić information content (AvgIpc) is 2.94. The van der Waals surface area contributed by atoms with Crippen LogP contribution in [-0.4, -0.2) is 38.9 Å². The monoisotopic (exact) mass is 373 g/mol. The molecule has 1 saturated heterocycles. The fourth-order valence-electron chi connectivity index (χ4n) is 3.72. The Hall–Kier alpha value is -2.38. The van der Waals surface area contributed by atoms with Gasteiger partial charge in [-0.05, 0) is 18.2 Å².